The van der Waals surface area contributed by atoms with E-state index in [2.05, 4.69) is 4.98 Å². The molecule has 0 radical (unpaired) electrons. The Labute approximate surface area is 114 Å². The summed E-state index contributed by atoms with van der Waals surface area (Å²) in [6, 6.07) is 14.8. The summed E-state index contributed by atoms with van der Waals surface area (Å²) in [5.74, 6) is -0.994. The van der Waals surface area contributed by atoms with Crippen molar-refractivity contribution in [3.8, 4) is 11.1 Å². The molecule has 0 aliphatic heterocycles. The lowest BCUT2D eigenvalue weighted by molar-refractivity contribution is 0.0692. The van der Waals surface area contributed by atoms with E-state index in [4.69, 9.17) is 11.6 Å². The number of rotatable bonds is 2. The van der Waals surface area contributed by atoms with Crippen LogP contribution in [-0.2, 0) is 0 Å². The molecule has 0 fully saturated rings. The van der Waals surface area contributed by atoms with Crippen LogP contribution in [0, 0.1) is 0 Å². The monoisotopic (exact) mass is 271 g/mol. The highest BCUT2D eigenvalue weighted by Gasteiger charge is 2.19. The molecule has 3 aromatic rings. The molecule has 0 bridgehead atoms. The van der Waals surface area contributed by atoms with Gasteiger partial charge in [0, 0.05) is 10.9 Å². The first-order valence-electron chi connectivity index (χ1n) is 5.77. The van der Waals surface area contributed by atoms with Gasteiger partial charge in [0.25, 0.3) is 0 Å². The molecule has 94 valence electrons. The maximum Gasteiger partial charge on any atom is 0.352 e. The van der Waals surface area contributed by atoms with Gasteiger partial charge in [-0.2, -0.15) is 0 Å². The van der Waals surface area contributed by atoms with Crippen molar-refractivity contribution in [3.63, 3.8) is 0 Å². The van der Waals surface area contributed by atoms with Gasteiger partial charge >= 0.3 is 5.97 Å². The molecule has 2 aromatic carbocycles. The topological polar surface area (TPSA) is 53.1 Å². The van der Waals surface area contributed by atoms with E-state index < -0.39 is 5.97 Å². The average molecular weight is 272 g/mol. The van der Waals surface area contributed by atoms with Crippen LogP contribution in [0.2, 0.25) is 5.02 Å². The van der Waals surface area contributed by atoms with Crippen molar-refractivity contribution in [3.05, 3.63) is 59.2 Å². The number of hydrogen-bond acceptors (Lipinski definition) is 1. The van der Waals surface area contributed by atoms with Gasteiger partial charge in [0.15, 0.2) is 0 Å². The Hall–Kier alpha value is -2.26. The Morgan fingerprint density at radius 3 is 2.47 bits per heavy atom. The molecule has 0 aliphatic rings. The number of fused-ring (bicyclic) bond motifs is 1. The number of benzene rings is 2. The molecule has 0 saturated carbocycles. The maximum absolute atomic E-state index is 11.4. The molecular formula is C15H10ClNO2. The highest BCUT2D eigenvalue weighted by Crippen LogP contribution is 2.35. The normalized spacial score (nSPS) is 10.8. The number of nitrogens with one attached hydrogen (secondary N) is 1. The standard InChI is InChI=1S/C15H10ClNO2/c16-11-8-4-7-10-12(9-5-2-1-3-6-9)14(15(18)19)17-13(10)11/h1-8,17H,(H,18,19). The van der Waals surface area contributed by atoms with Crippen molar-refractivity contribution in [1.29, 1.82) is 0 Å². The van der Waals surface area contributed by atoms with Crippen molar-refractivity contribution >= 4 is 28.5 Å². The third kappa shape index (κ3) is 1.88. The highest BCUT2D eigenvalue weighted by atomic mass is 35.5. The molecular weight excluding hydrogens is 262 g/mol. The van der Waals surface area contributed by atoms with Gasteiger partial charge in [-0.25, -0.2) is 4.79 Å². The lowest BCUT2D eigenvalue weighted by Gasteiger charge is -2.01. The minimum absolute atomic E-state index is 0.161. The van der Waals surface area contributed by atoms with Gasteiger partial charge in [-0.3, -0.25) is 0 Å². The zero-order valence-electron chi connectivity index (χ0n) is 9.85. The number of aromatic carboxylic acids is 1. The van der Waals surface area contributed by atoms with Gasteiger partial charge in [0.2, 0.25) is 0 Å². The molecule has 0 unspecified atom stereocenters. The first-order valence-corrected chi connectivity index (χ1v) is 6.15. The van der Waals surface area contributed by atoms with Gasteiger partial charge in [0.1, 0.15) is 5.69 Å². The molecule has 1 aromatic heterocycles. The maximum atomic E-state index is 11.4. The molecule has 4 heteroatoms. The Morgan fingerprint density at radius 1 is 1.05 bits per heavy atom. The van der Waals surface area contributed by atoms with Crippen LogP contribution < -0.4 is 0 Å². The Morgan fingerprint density at radius 2 is 1.79 bits per heavy atom. The smallest absolute Gasteiger partial charge is 0.352 e. The van der Waals surface area contributed by atoms with E-state index in [9.17, 15) is 9.90 Å². The van der Waals surface area contributed by atoms with Crippen LogP contribution in [0.4, 0.5) is 0 Å². The van der Waals surface area contributed by atoms with Crippen molar-refractivity contribution < 1.29 is 9.90 Å². The molecule has 0 atom stereocenters. The second kappa shape index (κ2) is 4.44. The summed E-state index contributed by atoms with van der Waals surface area (Å²) in [6.07, 6.45) is 0. The summed E-state index contributed by atoms with van der Waals surface area (Å²) in [5.41, 5.74) is 2.34. The zero-order chi connectivity index (χ0) is 13.4. The van der Waals surface area contributed by atoms with E-state index in [1.54, 1.807) is 6.07 Å². The van der Waals surface area contributed by atoms with Crippen LogP contribution in [0.1, 0.15) is 10.5 Å². The number of carbonyl (C=O) groups is 1. The summed E-state index contributed by atoms with van der Waals surface area (Å²) < 4.78 is 0. The number of aromatic nitrogens is 1. The zero-order valence-corrected chi connectivity index (χ0v) is 10.6. The first kappa shape index (κ1) is 11.8. The summed E-state index contributed by atoms with van der Waals surface area (Å²) >= 11 is 6.11. The third-order valence-corrected chi connectivity index (χ3v) is 3.37. The molecule has 0 aliphatic carbocycles. The quantitative estimate of drug-likeness (QED) is 0.734. The summed E-state index contributed by atoms with van der Waals surface area (Å²) in [7, 11) is 0. The second-order valence-electron chi connectivity index (χ2n) is 4.21. The molecule has 0 spiro atoms. The lowest BCUT2D eigenvalue weighted by atomic mass is 10.0. The minimum Gasteiger partial charge on any atom is -0.477 e. The van der Waals surface area contributed by atoms with Gasteiger partial charge in [-0.15, -0.1) is 0 Å². The first-order chi connectivity index (χ1) is 9.18. The SMILES string of the molecule is O=C(O)c1[nH]c2c(Cl)cccc2c1-c1ccccc1. The molecule has 2 N–H and O–H groups in total. The molecule has 3 rings (SSSR count). The van der Waals surface area contributed by atoms with Gasteiger partial charge in [0.05, 0.1) is 10.5 Å². The van der Waals surface area contributed by atoms with Crippen molar-refractivity contribution in [2.75, 3.05) is 0 Å². The predicted molar refractivity (Wildman–Crippen MR) is 75.7 cm³/mol. The largest absolute Gasteiger partial charge is 0.477 e. The van der Waals surface area contributed by atoms with Crippen molar-refractivity contribution in [1.82, 2.24) is 4.98 Å². The summed E-state index contributed by atoms with van der Waals surface area (Å²) in [6.45, 7) is 0. The molecule has 0 amide bonds. The Balaban J connectivity index is 2.42. The van der Waals surface area contributed by atoms with Crippen molar-refractivity contribution in [2.45, 2.75) is 0 Å². The Kier molecular flexibility index (Phi) is 2.76. The third-order valence-electron chi connectivity index (χ3n) is 3.06. The van der Waals surface area contributed by atoms with Crippen LogP contribution in [0.5, 0.6) is 0 Å². The van der Waals surface area contributed by atoms with Gasteiger partial charge in [-0.05, 0) is 11.6 Å². The molecule has 3 nitrogen and oxygen atoms in total. The number of para-hydroxylation sites is 1. The van der Waals surface area contributed by atoms with E-state index >= 15 is 0 Å². The second-order valence-corrected chi connectivity index (χ2v) is 4.62. The highest BCUT2D eigenvalue weighted by molar-refractivity contribution is 6.35. The number of carboxylic acid groups (broad SMARTS) is 1. The van der Waals surface area contributed by atoms with E-state index in [1.807, 2.05) is 42.5 Å². The summed E-state index contributed by atoms with van der Waals surface area (Å²) in [4.78, 5) is 14.3. The average Bonchev–Trinajstić information content (AvgIpc) is 2.81. The van der Waals surface area contributed by atoms with Crippen molar-refractivity contribution in [2.24, 2.45) is 0 Å². The number of hydrogen-bond donors (Lipinski definition) is 2. The van der Waals surface area contributed by atoms with E-state index in [1.165, 1.54) is 0 Å². The fourth-order valence-corrected chi connectivity index (χ4v) is 2.47. The predicted octanol–water partition coefficient (Wildman–Crippen LogP) is 4.19. The fraction of sp³-hybridized carbons (Fsp3) is 0. The minimum atomic E-state index is -0.994. The fourth-order valence-electron chi connectivity index (χ4n) is 2.25. The number of carboxylic acids is 1. The lowest BCUT2D eigenvalue weighted by Crippen LogP contribution is -1.98. The Bertz CT molecular complexity index is 762. The number of halogens is 1. The van der Waals surface area contributed by atoms with Crippen LogP contribution in [0.3, 0.4) is 0 Å². The van der Waals surface area contributed by atoms with Crippen LogP contribution in [-0.4, -0.2) is 16.1 Å². The van der Waals surface area contributed by atoms with E-state index in [-0.39, 0.29) is 5.69 Å². The van der Waals surface area contributed by atoms with E-state index in [0.29, 0.717) is 16.1 Å². The molecule has 1 heterocycles. The molecule has 0 saturated heterocycles. The van der Waals surface area contributed by atoms with Gasteiger partial charge in [-0.1, -0.05) is 54.1 Å². The number of aromatic amines is 1. The van der Waals surface area contributed by atoms with Crippen LogP contribution in [0.15, 0.2) is 48.5 Å². The molecule has 19 heavy (non-hydrogen) atoms. The summed E-state index contributed by atoms with van der Waals surface area (Å²) in [5, 5.41) is 10.7. The number of H-pyrrole nitrogens is 1. The van der Waals surface area contributed by atoms with Crippen LogP contribution in [0.25, 0.3) is 22.0 Å². The van der Waals surface area contributed by atoms with Gasteiger partial charge < -0.3 is 10.1 Å². The van der Waals surface area contributed by atoms with Crippen LogP contribution >= 0.6 is 11.6 Å². The van der Waals surface area contributed by atoms with E-state index in [0.717, 1.165) is 10.9 Å².